The maximum atomic E-state index is 11.9. The third-order valence-corrected chi connectivity index (χ3v) is 2.63. The standard InChI is InChI=1S/C13H8O.C2H6/c14-13-11-7-3-1-5-9(11)10-6-2-4-8-12(10)13;1-2/h1-8H;1-2H3. The molecular weight excluding hydrogens is 196 g/mol. The van der Waals surface area contributed by atoms with Crippen molar-refractivity contribution in [3.05, 3.63) is 59.7 Å². The second-order valence-corrected chi connectivity index (χ2v) is 3.42. The Balaban J connectivity index is 0.000000457. The molecule has 0 heterocycles. The van der Waals surface area contributed by atoms with Crippen LogP contribution >= 0.6 is 0 Å². The molecule has 0 N–H and O–H groups in total. The Kier molecular flexibility index (Phi) is 2.86. The van der Waals surface area contributed by atoms with Crippen molar-refractivity contribution < 1.29 is 4.79 Å². The summed E-state index contributed by atoms with van der Waals surface area (Å²) in [5.41, 5.74) is 3.78. The lowest BCUT2D eigenvalue weighted by Crippen LogP contribution is -1.93. The van der Waals surface area contributed by atoms with E-state index >= 15 is 0 Å². The summed E-state index contributed by atoms with van der Waals surface area (Å²) in [6, 6.07) is 15.5. The number of benzene rings is 2. The number of fused-ring (bicyclic) bond motifs is 3. The number of hydrogen-bond acceptors (Lipinski definition) is 1. The SMILES string of the molecule is CC.O=C1c2ccccc2-c2ccccc21. The van der Waals surface area contributed by atoms with Gasteiger partial charge in [-0.3, -0.25) is 4.79 Å². The number of carbonyl (C=O) groups excluding carboxylic acids is 1. The Morgan fingerprint density at radius 3 is 1.31 bits per heavy atom. The lowest BCUT2D eigenvalue weighted by atomic mass is 10.1. The summed E-state index contributed by atoms with van der Waals surface area (Å²) in [4.78, 5) is 11.9. The van der Waals surface area contributed by atoms with Crippen molar-refractivity contribution in [3.63, 3.8) is 0 Å². The molecule has 0 saturated heterocycles. The molecule has 0 spiro atoms. The van der Waals surface area contributed by atoms with Gasteiger partial charge in [0.15, 0.2) is 5.78 Å². The Morgan fingerprint density at radius 1 is 0.625 bits per heavy atom. The fraction of sp³-hybridized carbons (Fsp3) is 0.133. The van der Waals surface area contributed by atoms with Crippen LogP contribution in [0.2, 0.25) is 0 Å². The normalized spacial score (nSPS) is 11.2. The van der Waals surface area contributed by atoms with Crippen LogP contribution in [0.4, 0.5) is 0 Å². The van der Waals surface area contributed by atoms with Crippen molar-refractivity contribution >= 4 is 5.78 Å². The Morgan fingerprint density at radius 2 is 0.938 bits per heavy atom. The van der Waals surface area contributed by atoms with Gasteiger partial charge in [-0.05, 0) is 11.1 Å². The molecule has 1 nitrogen and oxygen atoms in total. The zero-order valence-electron chi connectivity index (χ0n) is 9.53. The third kappa shape index (κ3) is 1.45. The van der Waals surface area contributed by atoms with E-state index in [1.807, 2.05) is 62.4 Å². The molecule has 0 aliphatic heterocycles. The van der Waals surface area contributed by atoms with E-state index in [0.29, 0.717) is 0 Å². The molecule has 16 heavy (non-hydrogen) atoms. The number of ketones is 1. The Bertz CT molecular complexity index is 479. The van der Waals surface area contributed by atoms with Crippen LogP contribution in [-0.4, -0.2) is 5.78 Å². The largest absolute Gasteiger partial charge is 0.289 e. The van der Waals surface area contributed by atoms with E-state index in [2.05, 4.69) is 0 Å². The third-order valence-electron chi connectivity index (χ3n) is 2.63. The minimum absolute atomic E-state index is 0.149. The van der Waals surface area contributed by atoms with Crippen LogP contribution < -0.4 is 0 Å². The lowest BCUT2D eigenvalue weighted by molar-refractivity contribution is 0.104. The number of rotatable bonds is 0. The number of hydrogen-bond donors (Lipinski definition) is 0. The molecule has 80 valence electrons. The van der Waals surface area contributed by atoms with Gasteiger partial charge in [0, 0.05) is 11.1 Å². The molecule has 3 rings (SSSR count). The molecule has 0 bridgehead atoms. The molecule has 0 aromatic heterocycles. The highest BCUT2D eigenvalue weighted by Crippen LogP contribution is 2.35. The minimum atomic E-state index is 0.149. The quantitative estimate of drug-likeness (QED) is 0.549. The van der Waals surface area contributed by atoms with Gasteiger partial charge in [-0.15, -0.1) is 0 Å². The minimum Gasteiger partial charge on any atom is -0.289 e. The summed E-state index contributed by atoms with van der Waals surface area (Å²) in [5, 5.41) is 0. The predicted octanol–water partition coefficient (Wildman–Crippen LogP) is 3.92. The van der Waals surface area contributed by atoms with Crippen LogP contribution in [-0.2, 0) is 0 Å². The summed E-state index contributed by atoms with van der Waals surface area (Å²) >= 11 is 0. The predicted molar refractivity (Wildman–Crippen MR) is 66.7 cm³/mol. The van der Waals surface area contributed by atoms with Gasteiger partial charge in [0.25, 0.3) is 0 Å². The van der Waals surface area contributed by atoms with E-state index in [9.17, 15) is 4.79 Å². The molecule has 0 radical (unpaired) electrons. The summed E-state index contributed by atoms with van der Waals surface area (Å²) in [7, 11) is 0. The molecule has 1 aliphatic carbocycles. The molecule has 2 aromatic rings. The van der Waals surface area contributed by atoms with Crippen LogP contribution in [0.25, 0.3) is 11.1 Å². The van der Waals surface area contributed by atoms with Gasteiger partial charge < -0.3 is 0 Å². The maximum Gasteiger partial charge on any atom is 0.194 e. The molecule has 1 heteroatoms. The molecule has 0 saturated carbocycles. The van der Waals surface area contributed by atoms with E-state index in [1.54, 1.807) is 0 Å². The van der Waals surface area contributed by atoms with Gasteiger partial charge in [0.1, 0.15) is 0 Å². The summed E-state index contributed by atoms with van der Waals surface area (Å²) in [6.07, 6.45) is 0. The average molecular weight is 210 g/mol. The summed E-state index contributed by atoms with van der Waals surface area (Å²) < 4.78 is 0. The first-order valence-corrected chi connectivity index (χ1v) is 5.61. The highest BCUT2D eigenvalue weighted by molar-refractivity contribution is 6.21. The molecule has 0 unspecified atom stereocenters. The van der Waals surface area contributed by atoms with Crippen LogP contribution in [0.5, 0.6) is 0 Å². The lowest BCUT2D eigenvalue weighted by Gasteiger charge is -1.96. The average Bonchev–Trinajstić information content (AvgIpc) is 2.67. The van der Waals surface area contributed by atoms with Crippen molar-refractivity contribution in [2.75, 3.05) is 0 Å². The van der Waals surface area contributed by atoms with Crippen molar-refractivity contribution in [1.82, 2.24) is 0 Å². The van der Waals surface area contributed by atoms with Crippen molar-refractivity contribution in [2.45, 2.75) is 13.8 Å². The first-order chi connectivity index (χ1) is 7.88. The Labute approximate surface area is 95.7 Å². The van der Waals surface area contributed by atoms with Crippen LogP contribution in [0, 0.1) is 0 Å². The molecular formula is C15H14O. The van der Waals surface area contributed by atoms with E-state index in [4.69, 9.17) is 0 Å². The topological polar surface area (TPSA) is 17.1 Å². The monoisotopic (exact) mass is 210 g/mol. The van der Waals surface area contributed by atoms with Gasteiger partial charge in [-0.2, -0.15) is 0 Å². The van der Waals surface area contributed by atoms with Crippen molar-refractivity contribution in [1.29, 1.82) is 0 Å². The van der Waals surface area contributed by atoms with Gasteiger partial charge in [-0.25, -0.2) is 0 Å². The van der Waals surface area contributed by atoms with Crippen LogP contribution in [0.15, 0.2) is 48.5 Å². The molecule has 2 aromatic carbocycles. The molecule has 0 fully saturated rings. The highest BCUT2D eigenvalue weighted by atomic mass is 16.1. The second-order valence-electron chi connectivity index (χ2n) is 3.42. The van der Waals surface area contributed by atoms with Crippen LogP contribution in [0.3, 0.4) is 0 Å². The highest BCUT2D eigenvalue weighted by Gasteiger charge is 2.24. The van der Waals surface area contributed by atoms with Crippen molar-refractivity contribution in [2.24, 2.45) is 0 Å². The van der Waals surface area contributed by atoms with E-state index < -0.39 is 0 Å². The summed E-state index contributed by atoms with van der Waals surface area (Å²) in [5.74, 6) is 0.149. The zero-order chi connectivity index (χ0) is 11.5. The Hall–Kier alpha value is -1.89. The summed E-state index contributed by atoms with van der Waals surface area (Å²) in [6.45, 7) is 4.00. The zero-order valence-corrected chi connectivity index (χ0v) is 9.53. The molecule has 1 aliphatic rings. The molecule has 0 amide bonds. The van der Waals surface area contributed by atoms with E-state index in [0.717, 1.165) is 22.3 Å². The van der Waals surface area contributed by atoms with Gasteiger partial charge in [0.2, 0.25) is 0 Å². The van der Waals surface area contributed by atoms with Gasteiger partial charge >= 0.3 is 0 Å². The maximum absolute atomic E-state index is 11.9. The van der Waals surface area contributed by atoms with E-state index in [-0.39, 0.29) is 5.78 Å². The fourth-order valence-electron chi connectivity index (χ4n) is 1.98. The molecule has 0 atom stereocenters. The first kappa shape index (κ1) is 10.6. The van der Waals surface area contributed by atoms with Gasteiger partial charge in [-0.1, -0.05) is 62.4 Å². The van der Waals surface area contributed by atoms with Crippen LogP contribution in [0.1, 0.15) is 29.8 Å². The van der Waals surface area contributed by atoms with Gasteiger partial charge in [0.05, 0.1) is 0 Å². The number of carbonyl (C=O) groups is 1. The van der Waals surface area contributed by atoms with E-state index in [1.165, 1.54) is 0 Å². The first-order valence-electron chi connectivity index (χ1n) is 5.61. The smallest absolute Gasteiger partial charge is 0.194 e. The fourth-order valence-corrected chi connectivity index (χ4v) is 1.98. The second kappa shape index (κ2) is 4.31. The van der Waals surface area contributed by atoms with Crippen molar-refractivity contribution in [3.8, 4) is 11.1 Å².